The van der Waals surface area contributed by atoms with Gasteiger partial charge < -0.3 is 20.8 Å². The van der Waals surface area contributed by atoms with Gasteiger partial charge in [0.05, 0.1) is 18.6 Å². The van der Waals surface area contributed by atoms with Gasteiger partial charge in [0.15, 0.2) is 11.6 Å². The smallest absolute Gasteiger partial charge is 0.350 e. The highest BCUT2D eigenvalue weighted by atomic mass is 19.1. The minimum atomic E-state index is -0.747. The highest BCUT2D eigenvalue weighted by Gasteiger charge is 2.33. The molecule has 0 bridgehead atoms. The van der Waals surface area contributed by atoms with Gasteiger partial charge in [-0.15, -0.1) is 0 Å². The summed E-state index contributed by atoms with van der Waals surface area (Å²) in [4.78, 5) is 27.1. The number of methoxy groups -OCH3 is 1. The van der Waals surface area contributed by atoms with Gasteiger partial charge in [-0.05, 0) is 25.3 Å². The number of anilines is 1. The molecule has 2 heterocycles. The van der Waals surface area contributed by atoms with Gasteiger partial charge in [0, 0.05) is 38.1 Å². The van der Waals surface area contributed by atoms with E-state index in [0.717, 1.165) is 25.3 Å². The zero-order valence-electron chi connectivity index (χ0n) is 16.2. The lowest BCUT2D eigenvalue weighted by molar-refractivity contribution is 0.412. The van der Waals surface area contributed by atoms with E-state index in [0.29, 0.717) is 36.2 Å². The van der Waals surface area contributed by atoms with Crippen molar-refractivity contribution in [1.82, 2.24) is 14.6 Å². The molecule has 0 radical (unpaired) electrons. The van der Waals surface area contributed by atoms with E-state index in [4.69, 9.17) is 15.8 Å². The molecule has 4 rings (SSSR count). The van der Waals surface area contributed by atoms with E-state index in [1.807, 2.05) is 4.90 Å². The zero-order chi connectivity index (χ0) is 20.7. The molecule has 1 saturated carbocycles. The number of ether oxygens (including phenoxy) is 1. The molecule has 154 valence electrons. The quantitative estimate of drug-likeness (QED) is 0.532. The topological polar surface area (TPSA) is 118 Å². The Kier molecular flexibility index (Phi) is 4.92. The van der Waals surface area contributed by atoms with Crippen LogP contribution in [-0.2, 0) is 0 Å². The highest BCUT2D eigenvalue weighted by molar-refractivity contribution is 5.91. The molecule has 1 aromatic carbocycles. The van der Waals surface area contributed by atoms with E-state index in [2.05, 4.69) is 11.4 Å². The molecular formula is C19H23FN6O3. The lowest BCUT2D eigenvalue weighted by Gasteiger charge is -2.24. The third kappa shape index (κ3) is 3.21. The molecule has 2 aliphatic rings. The number of rotatable bonds is 6. The second kappa shape index (κ2) is 7.40. The van der Waals surface area contributed by atoms with Crippen LogP contribution in [0.5, 0.6) is 5.75 Å². The first-order valence-corrected chi connectivity index (χ1v) is 9.66. The number of halogens is 1. The maximum atomic E-state index is 15.2. The van der Waals surface area contributed by atoms with Gasteiger partial charge in [0.1, 0.15) is 11.2 Å². The SMILES string of the molecule is COc1c(N2CCC(NCCC#N)C2)c(F)cc2c(=O)n(N)c(=O)n(C3CC3)c12. The predicted molar refractivity (Wildman–Crippen MR) is 106 cm³/mol. The fourth-order valence-corrected chi connectivity index (χ4v) is 4.06. The average molecular weight is 402 g/mol. The second-order valence-electron chi connectivity index (χ2n) is 7.49. The number of nitrogens with one attached hydrogen (secondary N) is 1. The third-order valence-corrected chi connectivity index (χ3v) is 5.58. The number of aromatic nitrogens is 2. The summed E-state index contributed by atoms with van der Waals surface area (Å²) in [6.45, 7) is 1.69. The molecule has 9 nitrogen and oxygen atoms in total. The maximum Gasteiger partial charge on any atom is 0.350 e. The number of nitrogens with two attached hydrogens (primary N) is 1. The Hall–Kier alpha value is -3.06. The second-order valence-corrected chi connectivity index (χ2v) is 7.49. The van der Waals surface area contributed by atoms with E-state index in [1.54, 1.807) is 0 Å². The van der Waals surface area contributed by atoms with Crippen LogP contribution in [0.25, 0.3) is 10.9 Å². The van der Waals surface area contributed by atoms with Gasteiger partial charge >= 0.3 is 5.69 Å². The molecule has 2 fully saturated rings. The van der Waals surface area contributed by atoms with Crippen LogP contribution in [0.2, 0.25) is 0 Å². The lowest BCUT2D eigenvalue weighted by atomic mass is 10.1. The van der Waals surface area contributed by atoms with Crippen molar-refractivity contribution < 1.29 is 9.13 Å². The number of fused-ring (bicyclic) bond motifs is 1. The van der Waals surface area contributed by atoms with Crippen LogP contribution in [0.1, 0.15) is 31.7 Å². The van der Waals surface area contributed by atoms with Crippen molar-refractivity contribution in [2.45, 2.75) is 37.8 Å². The van der Waals surface area contributed by atoms with E-state index >= 15 is 4.39 Å². The Bertz CT molecular complexity index is 1110. The third-order valence-electron chi connectivity index (χ3n) is 5.58. The van der Waals surface area contributed by atoms with Crippen LogP contribution in [0.4, 0.5) is 10.1 Å². The van der Waals surface area contributed by atoms with E-state index in [9.17, 15) is 9.59 Å². The van der Waals surface area contributed by atoms with E-state index in [-0.39, 0.29) is 28.9 Å². The van der Waals surface area contributed by atoms with Gasteiger partial charge in [-0.1, -0.05) is 0 Å². The van der Waals surface area contributed by atoms with Crippen molar-refractivity contribution in [1.29, 1.82) is 5.26 Å². The van der Waals surface area contributed by atoms with Crippen LogP contribution in [-0.4, -0.2) is 42.0 Å². The van der Waals surface area contributed by atoms with Crippen molar-refractivity contribution in [2.24, 2.45) is 0 Å². The van der Waals surface area contributed by atoms with E-state index < -0.39 is 17.1 Å². The van der Waals surface area contributed by atoms with Crippen molar-refractivity contribution in [3.8, 4) is 11.8 Å². The molecule has 2 aromatic rings. The molecule has 1 atom stereocenters. The van der Waals surface area contributed by atoms with Crippen LogP contribution in [0.15, 0.2) is 15.7 Å². The largest absolute Gasteiger partial charge is 0.492 e. The molecular weight excluding hydrogens is 379 g/mol. The summed E-state index contributed by atoms with van der Waals surface area (Å²) in [5, 5.41) is 12.0. The van der Waals surface area contributed by atoms with Gasteiger partial charge in [0.2, 0.25) is 0 Å². The Morgan fingerprint density at radius 2 is 2.14 bits per heavy atom. The first kappa shape index (κ1) is 19.3. The van der Waals surface area contributed by atoms with Gasteiger partial charge in [-0.2, -0.15) is 9.94 Å². The van der Waals surface area contributed by atoms with Crippen LogP contribution in [0, 0.1) is 17.1 Å². The lowest BCUT2D eigenvalue weighted by Crippen LogP contribution is -2.44. The summed E-state index contributed by atoms with van der Waals surface area (Å²) < 4.78 is 22.7. The summed E-state index contributed by atoms with van der Waals surface area (Å²) in [5.41, 5.74) is -0.835. The number of nitrogens with zero attached hydrogens (tertiary/aromatic N) is 4. The molecule has 1 saturated heterocycles. The maximum absolute atomic E-state index is 15.2. The Morgan fingerprint density at radius 3 is 2.79 bits per heavy atom. The summed E-state index contributed by atoms with van der Waals surface area (Å²) in [6, 6.07) is 3.28. The van der Waals surface area contributed by atoms with Crippen LogP contribution in [0.3, 0.4) is 0 Å². The number of nitriles is 1. The summed E-state index contributed by atoms with van der Waals surface area (Å²) in [5.74, 6) is 5.25. The molecule has 3 N–H and O–H groups in total. The summed E-state index contributed by atoms with van der Waals surface area (Å²) in [7, 11) is 1.41. The Balaban J connectivity index is 1.84. The van der Waals surface area contributed by atoms with Crippen molar-refractivity contribution >= 4 is 16.6 Å². The molecule has 0 spiro atoms. The molecule has 1 unspecified atom stereocenters. The molecule has 1 aromatic heterocycles. The van der Waals surface area contributed by atoms with Crippen molar-refractivity contribution in [3.05, 3.63) is 32.7 Å². The number of hydrogen-bond donors (Lipinski definition) is 2. The number of hydrogen-bond acceptors (Lipinski definition) is 7. The van der Waals surface area contributed by atoms with Gasteiger partial charge in [-0.3, -0.25) is 9.36 Å². The zero-order valence-corrected chi connectivity index (χ0v) is 16.2. The fourth-order valence-electron chi connectivity index (χ4n) is 4.06. The minimum Gasteiger partial charge on any atom is -0.492 e. The van der Waals surface area contributed by atoms with Crippen molar-refractivity contribution in [2.75, 3.05) is 37.5 Å². The summed E-state index contributed by atoms with van der Waals surface area (Å²) >= 11 is 0. The molecule has 0 amide bonds. The molecule has 10 heteroatoms. The van der Waals surface area contributed by atoms with Crippen LogP contribution < -0.4 is 32.0 Å². The minimum absolute atomic E-state index is 0.0278. The molecule has 1 aliphatic heterocycles. The Morgan fingerprint density at radius 1 is 1.38 bits per heavy atom. The predicted octanol–water partition coefficient (Wildman–Crippen LogP) is 0.442. The fraction of sp³-hybridized carbons (Fsp3) is 0.526. The number of nitrogen functional groups attached to an aromatic ring is 1. The monoisotopic (exact) mass is 402 g/mol. The first-order valence-electron chi connectivity index (χ1n) is 9.66. The summed E-state index contributed by atoms with van der Waals surface area (Å²) in [6.07, 6.45) is 2.77. The Labute approximate surface area is 166 Å². The van der Waals surface area contributed by atoms with Crippen molar-refractivity contribution in [3.63, 3.8) is 0 Å². The van der Waals surface area contributed by atoms with E-state index in [1.165, 1.54) is 11.7 Å². The number of benzene rings is 1. The van der Waals surface area contributed by atoms with Gasteiger partial charge in [0.25, 0.3) is 5.56 Å². The molecule has 1 aliphatic carbocycles. The first-order chi connectivity index (χ1) is 14.0. The van der Waals surface area contributed by atoms with Crippen LogP contribution >= 0.6 is 0 Å². The molecule has 29 heavy (non-hydrogen) atoms. The average Bonchev–Trinajstić information content (AvgIpc) is 3.44. The highest BCUT2D eigenvalue weighted by Crippen LogP contribution is 2.43. The van der Waals surface area contributed by atoms with Gasteiger partial charge in [-0.25, -0.2) is 9.18 Å². The standard InChI is InChI=1S/C19H23FN6O3/c1-29-17-15-13(18(27)26(22)19(28)25(15)12-3-4-12)9-14(20)16(17)24-8-5-11(10-24)23-7-2-6-21/h9,11-12,23H,2-5,7-8,10,22H2,1H3. The normalized spacial score (nSPS) is 18.9.